The van der Waals surface area contributed by atoms with E-state index in [1.807, 2.05) is 0 Å². The Bertz CT molecular complexity index is 185. The molecule has 14 heavy (non-hydrogen) atoms. The molecule has 1 heterocycles. The van der Waals surface area contributed by atoms with Gasteiger partial charge in [0.15, 0.2) is 0 Å². The summed E-state index contributed by atoms with van der Waals surface area (Å²) in [5.74, 6) is 1.82. The van der Waals surface area contributed by atoms with Gasteiger partial charge in [-0.1, -0.05) is 13.8 Å². The van der Waals surface area contributed by atoms with Crippen molar-refractivity contribution in [1.29, 1.82) is 0 Å². The highest BCUT2D eigenvalue weighted by Crippen LogP contribution is 2.36. The van der Waals surface area contributed by atoms with Crippen LogP contribution in [0, 0.1) is 11.8 Å². The van der Waals surface area contributed by atoms with Crippen LogP contribution in [0.15, 0.2) is 0 Å². The van der Waals surface area contributed by atoms with Crippen LogP contribution in [0.4, 0.5) is 0 Å². The van der Waals surface area contributed by atoms with Crippen LogP contribution >= 0.6 is 0 Å². The van der Waals surface area contributed by atoms with E-state index in [0.717, 1.165) is 17.9 Å². The smallest absolute Gasteiger partial charge is 0.0249 e. The molecular weight excluding hydrogens is 172 g/mol. The second kappa shape index (κ2) is 4.19. The Labute approximate surface area is 88.1 Å². The van der Waals surface area contributed by atoms with Gasteiger partial charge in [-0.15, -0.1) is 0 Å². The van der Waals surface area contributed by atoms with Gasteiger partial charge < -0.3 is 5.32 Å². The summed E-state index contributed by atoms with van der Waals surface area (Å²) >= 11 is 0. The average Bonchev–Trinajstić information content (AvgIpc) is 2.86. The predicted octanol–water partition coefficient (Wildman–Crippen LogP) is 1.71. The lowest BCUT2D eigenvalue weighted by Gasteiger charge is -2.40. The van der Waals surface area contributed by atoms with Crippen LogP contribution in [-0.2, 0) is 0 Å². The molecule has 82 valence electrons. The Hall–Kier alpha value is -0.0800. The molecule has 2 heteroatoms. The fourth-order valence-corrected chi connectivity index (χ4v) is 2.63. The van der Waals surface area contributed by atoms with Gasteiger partial charge in [0.1, 0.15) is 0 Å². The minimum Gasteiger partial charge on any atom is -0.311 e. The molecule has 0 aromatic carbocycles. The Morgan fingerprint density at radius 1 is 1.36 bits per heavy atom. The normalized spacial score (nSPS) is 35.1. The standard InChI is InChI=1S/C12H24N2/c1-9(2)7-14-8-10(3)13-6-12(14)11-4-5-11/h9-13H,4-8H2,1-3H3. The number of rotatable bonds is 3. The zero-order chi connectivity index (χ0) is 10.1. The van der Waals surface area contributed by atoms with Crippen molar-refractivity contribution in [2.45, 2.75) is 45.7 Å². The molecule has 0 spiro atoms. The van der Waals surface area contributed by atoms with Gasteiger partial charge in [0.2, 0.25) is 0 Å². The summed E-state index contributed by atoms with van der Waals surface area (Å²) in [6, 6.07) is 1.53. The Morgan fingerprint density at radius 3 is 2.64 bits per heavy atom. The van der Waals surface area contributed by atoms with Gasteiger partial charge in [-0.3, -0.25) is 4.90 Å². The molecule has 2 rings (SSSR count). The molecule has 2 nitrogen and oxygen atoms in total. The SMILES string of the molecule is CC(C)CN1CC(C)NCC1C1CC1. The molecular formula is C12H24N2. The third-order valence-corrected chi connectivity index (χ3v) is 3.42. The summed E-state index contributed by atoms with van der Waals surface area (Å²) in [4.78, 5) is 2.73. The van der Waals surface area contributed by atoms with Crippen LogP contribution in [0.2, 0.25) is 0 Å². The van der Waals surface area contributed by atoms with Crippen molar-refractivity contribution in [2.24, 2.45) is 11.8 Å². The molecule has 0 bridgehead atoms. The van der Waals surface area contributed by atoms with E-state index in [1.165, 1.54) is 32.5 Å². The van der Waals surface area contributed by atoms with E-state index in [4.69, 9.17) is 0 Å². The third-order valence-electron chi connectivity index (χ3n) is 3.42. The second-order valence-corrected chi connectivity index (χ2v) is 5.56. The molecule has 1 N–H and O–H groups in total. The molecule has 0 amide bonds. The summed E-state index contributed by atoms with van der Waals surface area (Å²) in [5.41, 5.74) is 0. The van der Waals surface area contributed by atoms with E-state index in [-0.39, 0.29) is 0 Å². The Kier molecular flexibility index (Phi) is 3.13. The van der Waals surface area contributed by atoms with E-state index < -0.39 is 0 Å². The molecule has 2 aliphatic rings. The lowest BCUT2D eigenvalue weighted by Crippen LogP contribution is -2.57. The Morgan fingerprint density at radius 2 is 2.07 bits per heavy atom. The van der Waals surface area contributed by atoms with Crippen molar-refractivity contribution >= 4 is 0 Å². The minimum absolute atomic E-state index is 0.684. The summed E-state index contributed by atoms with van der Waals surface area (Å²) in [7, 11) is 0. The maximum Gasteiger partial charge on any atom is 0.0249 e. The maximum absolute atomic E-state index is 3.61. The highest BCUT2D eigenvalue weighted by Gasteiger charge is 2.37. The summed E-state index contributed by atoms with van der Waals surface area (Å²) < 4.78 is 0. The quantitative estimate of drug-likeness (QED) is 0.739. The molecule has 1 aliphatic carbocycles. The highest BCUT2D eigenvalue weighted by atomic mass is 15.2. The van der Waals surface area contributed by atoms with Crippen molar-refractivity contribution in [1.82, 2.24) is 10.2 Å². The van der Waals surface area contributed by atoms with Gasteiger partial charge in [0.25, 0.3) is 0 Å². The van der Waals surface area contributed by atoms with Crippen LogP contribution in [0.25, 0.3) is 0 Å². The van der Waals surface area contributed by atoms with Crippen LogP contribution in [0.3, 0.4) is 0 Å². The Balaban J connectivity index is 1.92. The fraction of sp³-hybridized carbons (Fsp3) is 1.00. The third kappa shape index (κ3) is 2.48. The van der Waals surface area contributed by atoms with Gasteiger partial charge in [-0.05, 0) is 31.6 Å². The van der Waals surface area contributed by atoms with Crippen molar-refractivity contribution in [3.8, 4) is 0 Å². The van der Waals surface area contributed by atoms with Gasteiger partial charge in [-0.2, -0.15) is 0 Å². The van der Waals surface area contributed by atoms with Crippen LogP contribution < -0.4 is 5.32 Å². The van der Waals surface area contributed by atoms with Crippen molar-refractivity contribution in [3.63, 3.8) is 0 Å². The largest absolute Gasteiger partial charge is 0.311 e. The fourth-order valence-electron chi connectivity index (χ4n) is 2.63. The first-order valence-electron chi connectivity index (χ1n) is 6.14. The summed E-state index contributed by atoms with van der Waals surface area (Å²) in [6.45, 7) is 10.7. The number of nitrogens with zero attached hydrogens (tertiary/aromatic N) is 1. The maximum atomic E-state index is 3.61. The molecule has 1 saturated heterocycles. The summed E-state index contributed by atoms with van der Waals surface area (Å²) in [6.07, 6.45) is 2.94. The molecule has 2 atom stereocenters. The van der Waals surface area contributed by atoms with Crippen LogP contribution in [0.5, 0.6) is 0 Å². The number of nitrogens with one attached hydrogen (secondary N) is 1. The number of hydrogen-bond donors (Lipinski definition) is 1. The average molecular weight is 196 g/mol. The van der Waals surface area contributed by atoms with E-state index in [1.54, 1.807) is 0 Å². The zero-order valence-corrected chi connectivity index (χ0v) is 9.79. The van der Waals surface area contributed by atoms with Gasteiger partial charge in [0.05, 0.1) is 0 Å². The second-order valence-electron chi connectivity index (χ2n) is 5.56. The molecule has 2 fully saturated rings. The first-order chi connectivity index (χ1) is 6.66. The monoisotopic (exact) mass is 196 g/mol. The highest BCUT2D eigenvalue weighted by molar-refractivity contribution is 4.94. The van der Waals surface area contributed by atoms with E-state index in [2.05, 4.69) is 31.0 Å². The lowest BCUT2D eigenvalue weighted by atomic mass is 10.0. The summed E-state index contributed by atoms with van der Waals surface area (Å²) in [5, 5.41) is 3.61. The number of piperazine rings is 1. The number of hydrogen-bond acceptors (Lipinski definition) is 2. The van der Waals surface area contributed by atoms with Crippen molar-refractivity contribution in [3.05, 3.63) is 0 Å². The van der Waals surface area contributed by atoms with Gasteiger partial charge >= 0.3 is 0 Å². The van der Waals surface area contributed by atoms with Gasteiger partial charge in [0, 0.05) is 31.7 Å². The molecule has 1 aliphatic heterocycles. The van der Waals surface area contributed by atoms with Crippen molar-refractivity contribution < 1.29 is 0 Å². The first-order valence-corrected chi connectivity index (χ1v) is 6.14. The zero-order valence-electron chi connectivity index (χ0n) is 9.79. The van der Waals surface area contributed by atoms with Crippen molar-refractivity contribution in [2.75, 3.05) is 19.6 Å². The van der Waals surface area contributed by atoms with E-state index in [0.29, 0.717) is 6.04 Å². The minimum atomic E-state index is 0.684. The van der Waals surface area contributed by atoms with E-state index >= 15 is 0 Å². The van der Waals surface area contributed by atoms with Gasteiger partial charge in [-0.25, -0.2) is 0 Å². The molecule has 2 unspecified atom stereocenters. The molecule has 0 aromatic rings. The molecule has 0 radical (unpaired) electrons. The first kappa shape index (κ1) is 10.4. The van der Waals surface area contributed by atoms with Crippen LogP contribution in [0.1, 0.15) is 33.6 Å². The molecule has 0 aromatic heterocycles. The van der Waals surface area contributed by atoms with Crippen LogP contribution in [-0.4, -0.2) is 36.6 Å². The van der Waals surface area contributed by atoms with E-state index in [9.17, 15) is 0 Å². The molecule has 1 saturated carbocycles. The topological polar surface area (TPSA) is 15.3 Å². The predicted molar refractivity (Wildman–Crippen MR) is 60.4 cm³/mol. The lowest BCUT2D eigenvalue weighted by molar-refractivity contribution is 0.106.